The zero-order chi connectivity index (χ0) is 23.0. The van der Waals surface area contributed by atoms with Gasteiger partial charge in [-0.2, -0.15) is 0 Å². The second-order valence-electron chi connectivity index (χ2n) is 7.60. The average Bonchev–Trinajstić information content (AvgIpc) is 2.85. The minimum Gasteiger partial charge on any atom is -1.00 e. The molecule has 5 nitrogen and oxygen atoms in total. The van der Waals surface area contributed by atoms with Gasteiger partial charge in [-0.25, -0.2) is 4.57 Å². The third kappa shape index (κ3) is 7.06. The van der Waals surface area contributed by atoms with Crippen molar-refractivity contribution in [1.82, 2.24) is 0 Å². The van der Waals surface area contributed by atoms with Gasteiger partial charge < -0.3 is 27.6 Å². The van der Waals surface area contributed by atoms with Crippen LogP contribution in [0.5, 0.6) is 5.75 Å². The Morgan fingerprint density at radius 2 is 1.50 bits per heavy atom. The van der Waals surface area contributed by atoms with Crippen LogP contribution in [0.4, 0.5) is 5.69 Å². The number of anilines is 1. The molecule has 0 fully saturated rings. The summed E-state index contributed by atoms with van der Waals surface area (Å²) in [6, 6.07) is 27.9. The highest BCUT2D eigenvalue weighted by molar-refractivity contribution is 6.30. The van der Waals surface area contributed by atoms with Crippen molar-refractivity contribution in [2.24, 2.45) is 0 Å². The molecule has 0 saturated carbocycles. The molecule has 0 aliphatic carbocycles. The van der Waals surface area contributed by atoms with Crippen LogP contribution in [0, 0.1) is 0 Å². The lowest BCUT2D eigenvalue weighted by molar-refractivity contribution is -0.703. The predicted octanol–water partition coefficient (Wildman–Crippen LogP) is 1.99. The monoisotopic (exact) mass is 494 g/mol. The van der Waals surface area contributed by atoms with Crippen molar-refractivity contribution in [3.8, 4) is 16.9 Å². The van der Waals surface area contributed by atoms with Gasteiger partial charge in [-0.15, -0.1) is 0 Å². The Hall–Kier alpha value is -3.38. The van der Waals surface area contributed by atoms with Crippen LogP contribution in [0.2, 0.25) is 5.02 Å². The Balaban J connectivity index is 0.00000324. The van der Waals surface area contributed by atoms with Gasteiger partial charge in [-0.3, -0.25) is 4.79 Å². The van der Waals surface area contributed by atoms with Crippen molar-refractivity contribution < 1.29 is 31.6 Å². The van der Waals surface area contributed by atoms with E-state index < -0.39 is 6.10 Å². The van der Waals surface area contributed by atoms with Crippen LogP contribution in [0.1, 0.15) is 10.4 Å². The quantitative estimate of drug-likeness (QED) is 0.368. The number of aliphatic hydroxyl groups is 1. The van der Waals surface area contributed by atoms with Crippen LogP contribution >= 0.6 is 11.6 Å². The summed E-state index contributed by atoms with van der Waals surface area (Å²) in [4.78, 5) is 12.3. The number of halogens is 2. The predicted molar refractivity (Wildman–Crippen MR) is 129 cm³/mol. The minimum absolute atomic E-state index is 0. The summed E-state index contributed by atoms with van der Waals surface area (Å²) in [5.74, 6) is 0.397. The Morgan fingerprint density at radius 3 is 2.15 bits per heavy atom. The number of pyridine rings is 1. The van der Waals surface area contributed by atoms with Crippen LogP contribution < -0.4 is 27.0 Å². The first-order chi connectivity index (χ1) is 16.1. The molecule has 1 aromatic heterocycles. The molecule has 4 aromatic rings. The highest BCUT2D eigenvalue weighted by Gasteiger charge is 2.13. The molecule has 2 N–H and O–H groups in total. The molecule has 0 radical (unpaired) electrons. The highest BCUT2D eigenvalue weighted by Crippen LogP contribution is 2.18. The fourth-order valence-corrected chi connectivity index (χ4v) is 3.46. The lowest BCUT2D eigenvalue weighted by atomic mass is 10.1. The molecular formula is C27H24Cl2N2O3. The molecule has 0 aliphatic heterocycles. The van der Waals surface area contributed by atoms with Gasteiger partial charge in [0, 0.05) is 28.4 Å². The van der Waals surface area contributed by atoms with E-state index in [1.807, 2.05) is 47.3 Å². The maximum Gasteiger partial charge on any atom is 0.255 e. The van der Waals surface area contributed by atoms with Crippen molar-refractivity contribution in [1.29, 1.82) is 0 Å². The third-order valence-electron chi connectivity index (χ3n) is 5.08. The Bertz CT molecular complexity index is 1180. The normalized spacial score (nSPS) is 11.2. The zero-order valence-corrected chi connectivity index (χ0v) is 19.8. The van der Waals surface area contributed by atoms with Crippen LogP contribution in [0.3, 0.4) is 0 Å². The van der Waals surface area contributed by atoms with Gasteiger partial charge in [-0.05, 0) is 59.7 Å². The molecule has 34 heavy (non-hydrogen) atoms. The molecular weight excluding hydrogens is 471 g/mol. The van der Waals surface area contributed by atoms with Crippen molar-refractivity contribution in [2.45, 2.75) is 12.6 Å². The summed E-state index contributed by atoms with van der Waals surface area (Å²) >= 11 is 5.86. The van der Waals surface area contributed by atoms with Crippen LogP contribution in [-0.4, -0.2) is 23.7 Å². The van der Waals surface area contributed by atoms with E-state index in [-0.39, 0.29) is 24.9 Å². The summed E-state index contributed by atoms with van der Waals surface area (Å²) < 4.78 is 7.63. The molecule has 7 heteroatoms. The Morgan fingerprint density at radius 1 is 0.882 bits per heavy atom. The summed E-state index contributed by atoms with van der Waals surface area (Å²) in [7, 11) is 0. The summed E-state index contributed by atoms with van der Waals surface area (Å²) in [5, 5.41) is 13.8. The standard InChI is InChI=1S/C27H23ClN2O3.ClH/c28-23-8-6-22(7-9-23)27(32)29-24-10-12-26(13-11-24)33-19-25(31)18-30-16-14-21(15-17-30)20-4-2-1-3-5-20;/h1-17,25,31H,18-19H2;1H. The van der Waals surface area contributed by atoms with Crippen LogP contribution in [-0.2, 0) is 6.54 Å². The van der Waals surface area contributed by atoms with Crippen molar-refractivity contribution in [3.05, 3.63) is 114 Å². The van der Waals surface area contributed by atoms with E-state index in [1.165, 1.54) is 0 Å². The fraction of sp³-hybridized carbons (Fsp3) is 0.111. The molecule has 174 valence electrons. The number of aromatic nitrogens is 1. The molecule has 0 aliphatic rings. The number of carbonyl (C=O) groups excluding carboxylic acids is 1. The van der Waals surface area contributed by atoms with E-state index in [1.54, 1.807) is 48.5 Å². The SMILES string of the molecule is O=C(Nc1ccc(OCC(O)C[n+]2ccc(-c3ccccc3)cc2)cc1)c1ccc(Cl)cc1.[Cl-]. The second-order valence-corrected chi connectivity index (χ2v) is 8.04. The number of nitrogens with one attached hydrogen (secondary N) is 1. The van der Waals surface area contributed by atoms with E-state index in [2.05, 4.69) is 17.4 Å². The van der Waals surface area contributed by atoms with Gasteiger partial charge in [0.25, 0.3) is 5.91 Å². The van der Waals surface area contributed by atoms with Crippen molar-refractivity contribution in [3.63, 3.8) is 0 Å². The van der Waals surface area contributed by atoms with Gasteiger partial charge in [0.1, 0.15) is 18.5 Å². The number of nitrogens with zero attached hydrogens (tertiary/aromatic N) is 1. The fourth-order valence-electron chi connectivity index (χ4n) is 3.33. The number of hydrogen-bond acceptors (Lipinski definition) is 3. The highest BCUT2D eigenvalue weighted by atomic mass is 35.5. The lowest BCUT2D eigenvalue weighted by Crippen LogP contribution is -3.00. The maximum atomic E-state index is 12.3. The number of hydrogen-bond donors (Lipinski definition) is 2. The number of amides is 1. The molecule has 1 amide bonds. The average molecular weight is 495 g/mol. The van der Waals surface area contributed by atoms with Crippen LogP contribution in [0.25, 0.3) is 11.1 Å². The Labute approximate surface area is 210 Å². The first-order valence-electron chi connectivity index (χ1n) is 10.6. The van der Waals surface area contributed by atoms with Gasteiger partial charge >= 0.3 is 0 Å². The first-order valence-corrected chi connectivity index (χ1v) is 11.0. The molecule has 0 saturated heterocycles. The topological polar surface area (TPSA) is 62.4 Å². The molecule has 1 heterocycles. The van der Waals surface area contributed by atoms with E-state index in [9.17, 15) is 9.90 Å². The van der Waals surface area contributed by atoms with Crippen LogP contribution in [0.15, 0.2) is 103 Å². The largest absolute Gasteiger partial charge is 1.00 e. The zero-order valence-electron chi connectivity index (χ0n) is 18.3. The first kappa shape index (κ1) is 25.2. The van der Waals surface area contributed by atoms with Gasteiger partial charge in [0.05, 0.1) is 0 Å². The number of carbonyl (C=O) groups is 1. The lowest BCUT2D eigenvalue weighted by Gasteiger charge is -2.11. The smallest absolute Gasteiger partial charge is 0.255 e. The summed E-state index contributed by atoms with van der Waals surface area (Å²) in [6.07, 6.45) is 3.23. The molecule has 3 aromatic carbocycles. The van der Waals surface area contributed by atoms with Crippen molar-refractivity contribution in [2.75, 3.05) is 11.9 Å². The molecule has 0 spiro atoms. The second kappa shape index (κ2) is 12.2. The van der Waals surface area contributed by atoms with Gasteiger partial charge in [-0.1, -0.05) is 41.9 Å². The number of benzene rings is 3. The molecule has 0 bridgehead atoms. The summed E-state index contributed by atoms with van der Waals surface area (Å²) in [6.45, 7) is 0.578. The number of aliphatic hydroxyl groups excluding tert-OH is 1. The van der Waals surface area contributed by atoms with E-state index >= 15 is 0 Å². The molecule has 4 rings (SSSR count). The van der Waals surface area contributed by atoms with Gasteiger partial charge in [0.2, 0.25) is 0 Å². The van der Waals surface area contributed by atoms with Gasteiger partial charge in [0.15, 0.2) is 18.9 Å². The van der Waals surface area contributed by atoms with E-state index in [4.69, 9.17) is 16.3 Å². The van der Waals surface area contributed by atoms with E-state index in [0.717, 1.165) is 11.1 Å². The maximum absolute atomic E-state index is 12.3. The van der Waals surface area contributed by atoms with E-state index in [0.29, 0.717) is 28.6 Å². The summed E-state index contributed by atoms with van der Waals surface area (Å²) in [5.41, 5.74) is 3.45. The number of rotatable bonds is 8. The third-order valence-corrected chi connectivity index (χ3v) is 5.33. The molecule has 1 atom stereocenters. The molecule has 1 unspecified atom stereocenters. The number of ether oxygens (including phenoxy) is 1. The minimum atomic E-state index is -0.665. The van der Waals surface area contributed by atoms with Crippen molar-refractivity contribution >= 4 is 23.2 Å². The Kier molecular flexibility index (Phi) is 9.05.